The van der Waals surface area contributed by atoms with Gasteiger partial charge in [0.2, 0.25) is 0 Å². The van der Waals surface area contributed by atoms with Gasteiger partial charge >= 0.3 is 6.09 Å². The van der Waals surface area contributed by atoms with Crippen LogP contribution in [0.3, 0.4) is 0 Å². The molecule has 1 aromatic heterocycles. The fourth-order valence-electron chi connectivity index (χ4n) is 2.85. The van der Waals surface area contributed by atoms with E-state index < -0.39 is 11.7 Å². The van der Waals surface area contributed by atoms with Crippen molar-refractivity contribution in [1.82, 2.24) is 21.2 Å². The molecular weight excluding hydrogens is 318 g/mol. The van der Waals surface area contributed by atoms with Gasteiger partial charge in [0.05, 0.1) is 17.4 Å². The molecule has 2 heterocycles. The molecule has 25 heavy (non-hydrogen) atoms. The topological polar surface area (TPSA) is 87.3 Å². The molecule has 1 saturated carbocycles. The van der Waals surface area contributed by atoms with Gasteiger partial charge in [-0.3, -0.25) is 4.98 Å². The van der Waals surface area contributed by atoms with Crippen molar-refractivity contribution in [2.24, 2.45) is 5.92 Å². The van der Waals surface area contributed by atoms with Crippen molar-refractivity contribution in [2.45, 2.75) is 45.3 Å². The Bertz CT molecular complexity index is 649. The lowest BCUT2D eigenvalue weighted by molar-refractivity contribution is 0.0530. The van der Waals surface area contributed by atoms with Gasteiger partial charge < -0.3 is 20.8 Å². The number of anilines is 1. The van der Waals surface area contributed by atoms with Gasteiger partial charge in [0.25, 0.3) is 0 Å². The standard InChI is InChI=1S/C18H27N5O2/c1-18(2,3)25-17(24)21-10-9-19-14-5-4-8-20-16(14)13-11-22-23-15(13)12-6-7-12/h4-5,8,11-12,15,19,22-23H,6-7,9-10H2,1-3H3,(H,21,24). The number of carbonyl (C=O) groups excluding carboxylic acids is 1. The molecule has 136 valence electrons. The fraction of sp³-hybridized carbons (Fsp3) is 0.556. The number of aromatic nitrogens is 1. The minimum absolute atomic E-state index is 0.315. The first-order chi connectivity index (χ1) is 11.9. The first-order valence-corrected chi connectivity index (χ1v) is 8.81. The molecule has 1 aliphatic carbocycles. The molecule has 7 heteroatoms. The number of nitrogens with zero attached hydrogens (tertiary/aromatic N) is 1. The molecule has 2 aliphatic rings. The summed E-state index contributed by atoms with van der Waals surface area (Å²) in [4.78, 5) is 16.2. The lowest BCUT2D eigenvalue weighted by Crippen LogP contribution is -2.35. The number of nitrogens with one attached hydrogen (secondary N) is 4. The summed E-state index contributed by atoms with van der Waals surface area (Å²) < 4.78 is 5.23. The van der Waals surface area contributed by atoms with E-state index in [1.807, 2.05) is 45.3 Å². The third-order valence-corrected chi connectivity index (χ3v) is 4.08. The molecule has 7 nitrogen and oxygen atoms in total. The zero-order valence-corrected chi connectivity index (χ0v) is 15.1. The van der Waals surface area contributed by atoms with E-state index in [2.05, 4.69) is 26.5 Å². The first-order valence-electron chi connectivity index (χ1n) is 8.81. The highest BCUT2D eigenvalue weighted by molar-refractivity contribution is 5.77. The number of ether oxygens (including phenoxy) is 1. The molecule has 0 spiro atoms. The van der Waals surface area contributed by atoms with Gasteiger partial charge in [0, 0.05) is 31.1 Å². The molecule has 0 aromatic carbocycles. The molecule has 1 aromatic rings. The predicted octanol–water partition coefficient (Wildman–Crippen LogP) is 2.25. The summed E-state index contributed by atoms with van der Waals surface area (Å²) in [5.74, 6) is 0.685. The Hall–Kier alpha value is -2.28. The van der Waals surface area contributed by atoms with Crippen molar-refractivity contribution in [3.8, 4) is 0 Å². The second-order valence-corrected chi connectivity index (χ2v) is 7.46. The van der Waals surface area contributed by atoms with E-state index >= 15 is 0 Å². The second kappa shape index (κ2) is 7.31. The lowest BCUT2D eigenvalue weighted by atomic mass is 10.0. The second-order valence-electron chi connectivity index (χ2n) is 7.46. The number of pyridine rings is 1. The molecule has 1 aliphatic heterocycles. The van der Waals surface area contributed by atoms with E-state index in [4.69, 9.17) is 4.74 Å². The Kier molecular flexibility index (Phi) is 5.13. The number of hydrazine groups is 1. The van der Waals surface area contributed by atoms with Crippen molar-refractivity contribution in [3.63, 3.8) is 0 Å². The largest absolute Gasteiger partial charge is 0.444 e. The van der Waals surface area contributed by atoms with Crippen LogP contribution in [0.5, 0.6) is 0 Å². The summed E-state index contributed by atoms with van der Waals surface area (Å²) in [6.45, 7) is 6.62. The van der Waals surface area contributed by atoms with Crippen molar-refractivity contribution >= 4 is 17.4 Å². The van der Waals surface area contributed by atoms with Crippen LogP contribution in [0.25, 0.3) is 5.57 Å². The summed E-state index contributed by atoms with van der Waals surface area (Å²) in [5.41, 5.74) is 9.06. The number of rotatable bonds is 6. The summed E-state index contributed by atoms with van der Waals surface area (Å²) in [6.07, 6.45) is 5.91. The maximum absolute atomic E-state index is 11.7. The highest BCUT2D eigenvalue weighted by Crippen LogP contribution is 2.40. The summed E-state index contributed by atoms with van der Waals surface area (Å²) in [7, 11) is 0. The van der Waals surface area contributed by atoms with Gasteiger partial charge in [-0.25, -0.2) is 10.2 Å². The summed E-state index contributed by atoms with van der Waals surface area (Å²) in [5, 5.41) is 6.11. The monoisotopic (exact) mass is 345 g/mol. The van der Waals surface area contributed by atoms with Crippen LogP contribution in [0.1, 0.15) is 39.3 Å². The van der Waals surface area contributed by atoms with Crippen molar-refractivity contribution in [3.05, 3.63) is 30.2 Å². The molecule has 0 bridgehead atoms. The first kappa shape index (κ1) is 17.5. The Morgan fingerprint density at radius 3 is 2.88 bits per heavy atom. The number of alkyl carbamates (subject to hydrolysis) is 1. The van der Waals surface area contributed by atoms with Crippen molar-refractivity contribution < 1.29 is 9.53 Å². The average Bonchev–Trinajstić information content (AvgIpc) is 3.27. The zero-order chi connectivity index (χ0) is 17.9. The van der Waals surface area contributed by atoms with Crippen LogP contribution < -0.4 is 21.5 Å². The van der Waals surface area contributed by atoms with E-state index in [-0.39, 0.29) is 0 Å². The number of hydrogen-bond acceptors (Lipinski definition) is 6. The molecule has 1 unspecified atom stereocenters. The summed E-state index contributed by atoms with van der Waals surface area (Å²) in [6, 6.07) is 4.24. The third-order valence-electron chi connectivity index (χ3n) is 4.08. The van der Waals surface area contributed by atoms with Crippen LogP contribution in [-0.2, 0) is 4.74 Å². The normalized spacial score (nSPS) is 19.8. The van der Waals surface area contributed by atoms with Crippen LogP contribution in [-0.4, -0.2) is 35.8 Å². The van der Waals surface area contributed by atoms with E-state index in [0.29, 0.717) is 25.0 Å². The third kappa shape index (κ3) is 4.85. The Labute approximate surface area is 148 Å². The molecule has 4 N–H and O–H groups in total. The van der Waals surface area contributed by atoms with Gasteiger partial charge in [-0.2, -0.15) is 0 Å². The van der Waals surface area contributed by atoms with E-state index in [1.165, 1.54) is 18.4 Å². The van der Waals surface area contributed by atoms with Crippen LogP contribution >= 0.6 is 0 Å². The van der Waals surface area contributed by atoms with Crippen molar-refractivity contribution in [1.29, 1.82) is 0 Å². The predicted molar refractivity (Wildman–Crippen MR) is 97.7 cm³/mol. The lowest BCUT2D eigenvalue weighted by Gasteiger charge is -2.20. The molecule has 1 fully saturated rings. The van der Waals surface area contributed by atoms with Crippen molar-refractivity contribution in [2.75, 3.05) is 18.4 Å². The minimum Gasteiger partial charge on any atom is -0.444 e. The highest BCUT2D eigenvalue weighted by atomic mass is 16.6. The van der Waals surface area contributed by atoms with E-state index in [0.717, 1.165) is 11.4 Å². The quantitative estimate of drug-likeness (QED) is 0.592. The maximum Gasteiger partial charge on any atom is 0.407 e. The highest BCUT2D eigenvalue weighted by Gasteiger charge is 2.37. The van der Waals surface area contributed by atoms with Crippen LogP contribution in [0.15, 0.2) is 24.5 Å². The van der Waals surface area contributed by atoms with Gasteiger partial charge in [-0.15, -0.1) is 0 Å². The Balaban J connectivity index is 1.54. The molecule has 0 saturated heterocycles. The van der Waals surface area contributed by atoms with Gasteiger partial charge in [0.1, 0.15) is 5.60 Å². The van der Waals surface area contributed by atoms with Gasteiger partial charge in [-0.05, 0) is 51.7 Å². The Morgan fingerprint density at radius 2 is 2.16 bits per heavy atom. The van der Waals surface area contributed by atoms with E-state index in [9.17, 15) is 4.79 Å². The Morgan fingerprint density at radius 1 is 1.36 bits per heavy atom. The number of carbonyl (C=O) groups is 1. The van der Waals surface area contributed by atoms with Gasteiger partial charge in [-0.1, -0.05) is 0 Å². The number of hydrogen-bond donors (Lipinski definition) is 4. The fourth-order valence-corrected chi connectivity index (χ4v) is 2.85. The average molecular weight is 345 g/mol. The molecule has 1 amide bonds. The summed E-state index contributed by atoms with van der Waals surface area (Å²) >= 11 is 0. The SMILES string of the molecule is CC(C)(C)OC(=O)NCCNc1cccnc1C1=CNNC1C1CC1. The zero-order valence-electron chi connectivity index (χ0n) is 15.1. The van der Waals surface area contributed by atoms with Crippen LogP contribution in [0, 0.1) is 5.92 Å². The van der Waals surface area contributed by atoms with Crippen LogP contribution in [0.2, 0.25) is 0 Å². The van der Waals surface area contributed by atoms with Crippen LogP contribution in [0.4, 0.5) is 10.5 Å². The molecule has 0 radical (unpaired) electrons. The molecule has 3 rings (SSSR count). The number of amides is 1. The molecular formula is C18H27N5O2. The van der Waals surface area contributed by atoms with E-state index in [1.54, 1.807) is 0 Å². The smallest absolute Gasteiger partial charge is 0.407 e. The maximum atomic E-state index is 11.7. The molecule has 1 atom stereocenters. The minimum atomic E-state index is -0.485. The van der Waals surface area contributed by atoms with Gasteiger partial charge in [0.15, 0.2) is 0 Å².